The van der Waals surface area contributed by atoms with E-state index in [2.05, 4.69) is 4.98 Å². The normalized spacial score (nSPS) is 12.3. The molecule has 0 N–H and O–H groups in total. The highest BCUT2D eigenvalue weighted by Crippen LogP contribution is 2.25. The Kier molecular flexibility index (Phi) is 5.33. The Hall–Kier alpha value is -2.41. The second-order valence-electron chi connectivity index (χ2n) is 4.96. The maximum absolute atomic E-state index is 13.5. The molecule has 1 atom stereocenters. The first-order valence-corrected chi connectivity index (χ1v) is 6.76. The Balaban J connectivity index is 2.35. The number of halogens is 3. The van der Waals surface area contributed by atoms with E-state index in [1.807, 2.05) is 0 Å². The number of aromatic nitrogens is 1. The average Bonchev–Trinajstić information content (AvgIpc) is 2.53. The molecule has 0 saturated heterocycles. The van der Waals surface area contributed by atoms with Crippen LogP contribution in [0.5, 0.6) is 0 Å². The summed E-state index contributed by atoms with van der Waals surface area (Å²) in [5, 5.41) is 0. The molecule has 0 unspecified atom stereocenters. The van der Waals surface area contributed by atoms with Crippen molar-refractivity contribution >= 4 is 5.97 Å². The van der Waals surface area contributed by atoms with Gasteiger partial charge in [0.15, 0.2) is 17.5 Å². The zero-order valence-corrected chi connectivity index (χ0v) is 12.6. The minimum atomic E-state index is -1.58. The van der Waals surface area contributed by atoms with Gasteiger partial charge in [0.2, 0.25) is 0 Å². The molecule has 0 radical (unpaired) electrons. The van der Waals surface area contributed by atoms with Crippen molar-refractivity contribution < 1.29 is 22.7 Å². The number of carbonyl (C=O) groups is 1. The first-order valence-electron chi connectivity index (χ1n) is 6.76. The van der Waals surface area contributed by atoms with Crippen molar-refractivity contribution in [2.75, 3.05) is 14.2 Å². The van der Waals surface area contributed by atoms with Gasteiger partial charge in [-0.3, -0.25) is 9.88 Å². The standard InChI is InChI=1S/C16H15F3N2O2/c1-21(9-11-5-3-4-6-20-11)15(16(22)23-2)10-7-12(17)14(19)13(18)8-10/h3-8,15H,9H2,1-2H3/t15-/m0/s1. The fourth-order valence-corrected chi connectivity index (χ4v) is 2.25. The van der Waals surface area contributed by atoms with Gasteiger partial charge in [0.25, 0.3) is 0 Å². The highest BCUT2D eigenvalue weighted by Gasteiger charge is 2.28. The second kappa shape index (κ2) is 7.23. The molecule has 0 saturated carbocycles. The maximum Gasteiger partial charge on any atom is 0.327 e. The number of likely N-dealkylation sites (N-methyl/N-ethyl adjacent to an activating group) is 1. The molecule has 1 aromatic carbocycles. The fraction of sp³-hybridized carbons (Fsp3) is 0.250. The van der Waals surface area contributed by atoms with Crippen molar-refractivity contribution in [1.29, 1.82) is 0 Å². The number of hydrogen-bond donors (Lipinski definition) is 0. The molecule has 2 rings (SSSR count). The van der Waals surface area contributed by atoms with Crippen LogP contribution in [0.15, 0.2) is 36.5 Å². The monoisotopic (exact) mass is 324 g/mol. The van der Waals surface area contributed by atoms with Gasteiger partial charge >= 0.3 is 5.97 Å². The number of carbonyl (C=O) groups excluding carboxylic acids is 1. The predicted molar refractivity (Wildman–Crippen MR) is 76.8 cm³/mol. The van der Waals surface area contributed by atoms with E-state index in [0.717, 1.165) is 12.1 Å². The summed E-state index contributed by atoms with van der Waals surface area (Å²) in [6.45, 7) is 0.237. The molecule has 1 heterocycles. The van der Waals surface area contributed by atoms with Gasteiger partial charge in [0.05, 0.1) is 12.8 Å². The number of hydrogen-bond acceptors (Lipinski definition) is 4. The van der Waals surface area contributed by atoms with Gasteiger partial charge in [-0.15, -0.1) is 0 Å². The van der Waals surface area contributed by atoms with E-state index in [-0.39, 0.29) is 12.1 Å². The fourth-order valence-electron chi connectivity index (χ4n) is 2.25. The molecule has 7 heteroatoms. The molecule has 0 aliphatic heterocycles. The molecule has 0 bridgehead atoms. The molecule has 122 valence electrons. The smallest absolute Gasteiger partial charge is 0.327 e. The average molecular weight is 324 g/mol. The Morgan fingerprint density at radius 1 is 1.26 bits per heavy atom. The number of rotatable bonds is 5. The van der Waals surface area contributed by atoms with Gasteiger partial charge in [0.1, 0.15) is 6.04 Å². The van der Waals surface area contributed by atoms with E-state index >= 15 is 0 Å². The summed E-state index contributed by atoms with van der Waals surface area (Å²) < 4.78 is 44.7. The largest absolute Gasteiger partial charge is 0.468 e. The molecule has 1 aromatic heterocycles. The van der Waals surface area contributed by atoms with Gasteiger partial charge in [-0.1, -0.05) is 6.07 Å². The summed E-state index contributed by atoms with van der Waals surface area (Å²) >= 11 is 0. The molecule has 0 aliphatic carbocycles. The molecular formula is C16H15F3N2O2. The van der Waals surface area contributed by atoms with E-state index in [9.17, 15) is 18.0 Å². The van der Waals surface area contributed by atoms with E-state index in [0.29, 0.717) is 5.69 Å². The third kappa shape index (κ3) is 3.87. The number of methoxy groups -OCH3 is 1. The van der Waals surface area contributed by atoms with Gasteiger partial charge in [-0.2, -0.15) is 0 Å². The van der Waals surface area contributed by atoms with Gasteiger partial charge in [0, 0.05) is 12.7 Å². The summed E-state index contributed by atoms with van der Waals surface area (Å²) in [5.74, 6) is -5.01. The third-order valence-corrected chi connectivity index (χ3v) is 3.32. The molecule has 0 spiro atoms. The van der Waals surface area contributed by atoms with Gasteiger partial charge in [-0.05, 0) is 36.9 Å². The highest BCUT2D eigenvalue weighted by atomic mass is 19.2. The summed E-state index contributed by atoms with van der Waals surface area (Å²) in [6, 6.07) is 5.75. The van der Waals surface area contributed by atoms with Crippen LogP contribution >= 0.6 is 0 Å². The van der Waals surface area contributed by atoms with Crippen LogP contribution in [-0.2, 0) is 16.1 Å². The lowest BCUT2D eigenvalue weighted by Gasteiger charge is -2.26. The number of ether oxygens (including phenoxy) is 1. The SMILES string of the molecule is COC(=O)[C@H](c1cc(F)c(F)c(F)c1)N(C)Cc1ccccn1. The number of esters is 1. The predicted octanol–water partition coefficient (Wildman–Crippen LogP) is 2.85. The van der Waals surface area contributed by atoms with Crippen molar-refractivity contribution in [2.24, 2.45) is 0 Å². The van der Waals surface area contributed by atoms with E-state index in [1.54, 1.807) is 31.4 Å². The first kappa shape index (κ1) is 17.0. The molecule has 23 heavy (non-hydrogen) atoms. The van der Waals surface area contributed by atoms with Crippen LogP contribution in [0, 0.1) is 17.5 Å². The minimum Gasteiger partial charge on any atom is -0.468 e. The molecule has 0 aliphatic rings. The van der Waals surface area contributed by atoms with Crippen molar-refractivity contribution in [3.8, 4) is 0 Å². The zero-order chi connectivity index (χ0) is 17.0. The summed E-state index contributed by atoms with van der Waals surface area (Å²) in [5.41, 5.74) is 0.624. The number of benzene rings is 1. The van der Waals surface area contributed by atoms with E-state index < -0.39 is 29.5 Å². The lowest BCUT2D eigenvalue weighted by Crippen LogP contribution is -2.32. The summed E-state index contributed by atoms with van der Waals surface area (Å²) in [4.78, 5) is 17.7. The first-order chi connectivity index (χ1) is 10.9. The Labute approximate surface area is 131 Å². The maximum atomic E-state index is 13.5. The Morgan fingerprint density at radius 2 is 1.91 bits per heavy atom. The second-order valence-corrected chi connectivity index (χ2v) is 4.96. The molecule has 0 fully saturated rings. The van der Waals surface area contributed by atoms with Gasteiger partial charge in [-0.25, -0.2) is 18.0 Å². The lowest BCUT2D eigenvalue weighted by molar-refractivity contribution is -0.147. The lowest BCUT2D eigenvalue weighted by atomic mass is 10.0. The van der Waals surface area contributed by atoms with Crippen LogP contribution in [0.3, 0.4) is 0 Å². The third-order valence-electron chi connectivity index (χ3n) is 3.32. The zero-order valence-electron chi connectivity index (χ0n) is 12.6. The van der Waals surface area contributed by atoms with Crippen LogP contribution in [0.1, 0.15) is 17.3 Å². The van der Waals surface area contributed by atoms with Crippen LogP contribution in [0.4, 0.5) is 13.2 Å². The molecule has 2 aromatic rings. The van der Waals surface area contributed by atoms with Crippen molar-refractivity contribution in [1.82, 2.24) is 9.88 Å². The molecular weight excluding hydrogens is 309 g/mol. The number of pyridine rings is 1. The van der Waals surface area contributed by atoms with Crippen molar-refractivity contribution in [3.63, 3.8) is 0 Å². The molecule has 0 amide bonds. The number of nitrogens with zero attached hydrogens (tertiary/aromatic N) is 2. The Bertz CT molecular complexity index is 672. The minimum absolute atomic E-state index is 0.0355. The topological polar surface area (TPSA) is 42.4 Å². The molecule has 4 nitrogen and oxygen atoms in total. The van der Waals surface area contributed by atoms with Crippen LogP contribution in [0.25, 0.3) is 0 Å². The summed E-state index contributed by atoms with van der Waals surface area (Å²) in [7, 11) is 2.75. The highest BCUT2D eigenvalue weighted by molar-refractivity contribution is 5.77. The van der Waals surface area contributed by atoms with Crippen molar-refractivity contribution in [3.05, 3.63) is 65.2 Å². The van der Waals surface area contributed by atoms with Crippen molar-refractivity contribution in [2.45, 2.75) is 12.6 Å². The van der Waals surface area contributed by atoms with Crippen LogP contribution < -0.4 is 0 Å². The van der Waals surface area contributed by atoms with Gasteiger partial charge < -0.3 is 4.74 Å². The quantitative estimate of drug-likeness (QED) is 0.626. The Morgan fingerprint density at radius 3 is 2.43 bits per heavy atom. The van der Waals surface area contributed by atoms with Crippen LogP contribution in [-0.4, -0.2) is 30.0 Å². The van der Waals surface area contributed by atoms with Crippen LogP contribution in [0.2, 0.25) is 0 Å². The summed E-state index contributed by atoms with van der Waals surface area (Å²) in [6.07, 6.45) is 1.59. The van der Waals surface area contributed by atoms with E-state index in [4.69, 9.17) is 4.74 Å². The van der Waals surface area contributed by atoms with E-state index in [1.165, 1.54) is 12.0 Å².